The smallest absolute Gasteiger partial charge is 0.354 e. The zero-order valence-corrected chi connectivity index (χ0v) is 12.9. The fourth-order valence-electron chi connectivity index (χ4n) is 1.69. The molecule has 0 radical (unpaired) electrons. The van der Waals surface area contributed by atoms with E-state index in [2.05, 4.69) is 42.1 Å². The molecule has 0 amide bonds. The Hall–Kier alpha value is -0.310. The summed E-state index contributed by atoms with van der Waals surface area (Å²) in [6.07, 6.45) is 0. The maximum Gasteiger partial charge on any atom is 0.354 e. The van der Waals surface area contributed by atoms with Crippen LogP contribution in [0.2, 0.25) is 0 Å². The number of nitrogens with zero attached hydrogens (tertiary/aromatic N) is 1. The van der Waals surface area contributed by atoms with Crippen LogP contribution < -0.4 is 0 Å². The minimum atomic E-state index is -0.965. The van der Waals surface area contributed by atoms with Crippen molar-refractivity contribution in [3.8, 4) is 11.3 Å². The molecule has 0 saturated heterocycles. The third-order valence-electron chi connectivity index (χ3n) is 2.44. The standard InChI is InChI=1S/C9H4Br2N2O2S2/c10-4-3-5-2(6(8(14)15)13-12-5)1-16-9(3)17-7(4)11/h1H2,(H,12,13)(H,14,15). The zero-order chi connectivity index (χ0) is 12.2. The van der Waals surface area contributed by atoms with E-state index in [1.54, 1.807) is 23.1 Å². The van der Waals surface area contributed by atoms with Crippen LogP contribution in [0.1, 0.15) is 16.1 Å². The molecule has 1 aliphatic heterocycles. The number of hydrogen-bond donors (Lipinski definition) is 2. The van der Waals surface area contributed by atoms with Crippen molar-refractivity contribution in [2.75, 3.05) is 0 Å². The number of halogens is 2. The van der Waals surface area contributed by atoms with Gasteiger partial charge in [-0.05, 0) is 31.9 Å². The lowest BCUT2D eigenvalue weighted by Crippen LogP contribution is -2.02. The van der Waals surface area contributed by atoms with Crippen LogP contribution in [0.25, 0.3) is 11.3 Å². The number of carboxylic acids is 1. The molecule has 2 aromatic rings. The molecule has 3 heterocycles. The molecule has 1 aliphatic rings. The molecule has 88 valence electrons. The number of aromatic amines is 1. The maximum atomic E-state index is 11.0. The fourth-order valence-corrected chi connectivity index (χ4v) is 5.81. The summed E-state index contributed by atoms with van der Waals surface area (Å²) < 4.78 is 3.09. The highest BCUT2D eigenvalue weighted by atomic mass is 79.9. The van der Waals surface area contributed by atoms with Gasteiger partial charge in [-0.2, -0.15) is 5.10 Å². The lowest BCUT2D eigenvalue weighted by molar-refractivity contribution is 0.0689. The van der Waals surface area contributed by atoms with Crippen LogP contribution in [0.4, 0.5) is 0 Å². The van der Waals surface area contributed by atoms with Crippen molar-refractivity contribution in [3.63, 3.8) is 0 Å². The molecule has 0 bridgehead atoms. The molecule has 0 aromatic carbocycles. The number of rotatable bonds is 1. The van der Waals surface area contributed by atoms with Gasteiger partial charge >= 0.3 is 5.97 Å². The monoisotopic (exact) mass is 394 g/mol. The van der Waals surface area contributed by atoms with E-state index in [1.165, 1.54) is 0 Å². The number of carboxylic acid groups (broad SMARTS) is 1. The summed E-state index contributed by atoms with van der Waals surface area (Å²) in [5, 5.41) is 15.8. The maximum absolute atomic E-state index is 11.0. The van der Waals surface area contributed by atoms with E-state index in [-0.39, 0.29) is 5.69 Å². The Labute approximate surface area is 121 Å². The normalized spacial score (nSPS) is 13.3. The predicted octanol–water partition coefficient (Wildman–Crippen LogP) is 3.97. The van der Waals surface area contributed by atoms with Gasteiger partial charge in [-0.3, -0.25) is 5.10 Å². The molecular weight excluding hydrogens is 392 g/mol. The molecule has 17 heavy (non-hydrogen) atoms. The first-order valence-corrected chi connectivity index (χ1v) is 7.90. The van der Waals surface area contributed by atoms with Gasteiger partial charge in [0.1, 0.15) is 11.4 Å². The minimum Gasteiger partial charge on any atom is -0.477 e. The first-order chi connectivity index (χ1) is 8.09. The molecule has 0 spiro atoms. The summed E-state index contributed by atoms with van der Waals surface area (Å²) >= 11 is 10.2. The van der Waals surface area contributed by atoms with Crippen molar-refractivity contribution in [2.45, 2.75) is 9.96 Å². The molecule has 0 atom stereocenters. The summed E-state index contributed by atoms with van der Waals surface area (Å²) in [7, 11) is 0. The second-order valence-corrected chi connectivity index (χ2v) is 7.75. The lowest BCUT2D eigenvalue weighted by atomic mass is 10.1. The van der Waals surface area contributed by atoms with Crippen LogP contribution in [0, 0.1) is 0 Å². The topological polar surface area (TPSA) is 66.0 Å². The Morgan fingerprint density at radius 1 is 1.47 bits per heavy atom. The van der Waals surface area contributed by atoms with E-state index in [0.717, 1.165) is 29.3 Å². The lowest BCUT2D eigenvalue weighted by Gasteiger charge is -2.10. The van der Waals surface area contributed by atoms with Gasteiger partial charge in [0.2, 0.25) is 0 Å². The molecule has 8 heteroatoms. The fraction of sp³-hybridized carbons (Fsp3) is 0.111. The second kappa shape index (κ2) is 4.11. The quantitative estimate of drug-likeness (QED) is 0.766. The van der Waals surface area contributed by atoms with Gasteiger partial charge in [0.05, 0.1) is 12.5 Å². The predicted molar refractivity (Wildman–Crippen MR) is 73.8 cm³/mol. The number of thioether (sulfide) groups is 1. The van der Waals surface area contributed by atoms with E-state index in [9.17, 15) is 4.79 Å². The molecule has 2 N–H and O–H groups in total. The van der Waals surface area contributed by atoms with E-state index in [4.69, 9.17) is 5.11 Å². The van der Waals surface area contributed by atoms with Crippen molar-refractivity contribution < 1.29 is 9.90 Å². The largest absolute Gasteiger partial charge is 0.477 e. The van der Waals surface area contributed by atoms with Crippen molar-refractivity contribution in [2.24, 2.45) is 0 Å². The highest BCUT2D eigenvalue weighted by Crippen LogP contribution is 2.52. The Balaban J connectivity index is 2.27. The SMILES string of the molecule is O=C(O)c1[nH]nc2c1CSc1sc(Br)c(Br)c1-2. The molecular formula is C9H4Br2N2O2S2. The van der Waals surface area contributed by atoms with Crippen LogP contribution >= 0.6 is 55.0 Å². The van der Waals surface area contributed by atoms with Gasteiger partial charge in [-0.15, -0.1) is 23.1 Å². The third-order valence-corrected chi connectivity index (χ3v) is 7.19. The summed E-state index contributed by atoms with van der Waals surface area (Å²) in [6.45, 7) is 0. The summed E-state index contributed by atoms with van der Waals surface area (Å²) in [5.74, 6) is -0.326. The number of H-pyrrole nitrogens is 1. The molecule has 3 rings (SSSR count). The number of hydrogen-bond acceptors (Lipinski definition) is 4. The van der Waals surface area contributed by atoms with Crippen LogP contribution in [-0.4, -0.2) is 21.3 Å². The van der Waals surface area contributed by atoms with Gasteiger partial charge in [-0.1, -0.05) is 0 Å². The van der Waals surface area contributed by atoms with Crippen LogP contribution in [0.5, 0.6) is 0 Å². The number of thiophene rings is 1. The van der Waals surface area contributed by atoms with E-state index >= 15 is 0 Å². The molecule has 2 aromatic heterocycles. The van der Waals surface area contributed by atoms with Crippen molar-refractivity contribution in [1.29, 1.82) is 0 Å². The first kappa shape index (κ1) is 11.8. The number of aromatic carboxylic acids is 1. The Kier molecular flexibility index (Phi) is 2.85. The molecule has 0 saturated carbocycles. The van der Waals surface area contributed by atoms with Crippen molar-refractivity contribution in [1.82, 2.24) is 10.2 Å². The number of fused-ring (bicyclic) bond motifs is 3. The van der Waals surface area contributed by atoms with Gasteiger partial charge < -0.3 is 5.11 Å². The van der Waals surface area contributed by atoms with Crippen molar-refractivity contribution in [3.05, 3.63) is 19.5 Å². The van der Waals surface area contributed by atoms with Gasteiger partial charge in [-0.25, -0.2) is 4.79 Å². The Morgan fingerprint density at radius 3 is 2.94 bits per heavy atom. The third kappa shape index (κ3) is 1.69. The van der Waals surface area contributed by atoms with Gasteiger partial charge in [0, 0.05) is 16.9 Å². The number of aromatic nitrogens is 2. The van der Waals surface area contributed by atoms with Crippen LogP contribution in [0.3, 0.4) is 0 Å². The summed E-state index contributed by atoms with van der Waals surface area (Å²) in [5.41, 5.74) is 2.68. The molecule has 4 nitrogen and oxygen atoms in total. The van der Waals surface area contributed by atoms with E-state index in [1.807, 2.05) is 0 Å². The summed E-state index contributed by atoms with van der Waals surface area (Å²) in [4.78, 5) is 11.0. The highest BCUT2D eigenvalue weighted by Gasteiger charge is 2.29. The summed E-state index contributed by atoms with van der Waals surface area (Å²) in [6, 6.07) is 0. The Bertz CT molecular complexity index is 635. The number of carbonyl (C=O) groups is 1. The number of nitrogens with one attached hydrogen (secondary N) is 1. The van der Waals surface area contributed by atoms with Crippen LogP contribution in [0.15, 0.2) is 12.5 Å². The molecule has 0 unspecified atom stereocenters. The van der Waals surface area contributed by atoms with Gasteiger partial charge in [0.25, 0.3) is 0 Å². The minimum absolute atomic E-state index is 0.187. The Morgan fingerprint density at radius 2 is 2.24 bits per heavy atom. The van der Waals surface area contributed by atoms with E-state index < -0.39 is 5.97 Å². The second-order valence-electron chi connectivity index (χ2n) is 3.37. The van der Waals surface area contributed by atoms with Crippen molar-refractivity contribution >= 4 is 60.9 Å². The van der Waals surface area contributed by atoms with Crippen LogP contribution in [-0.2, 0) is 5.75 Å². The van der Waals surface area contributed by atoms with Gasteiger partial charge in [0.15, 0.2) is 0 Å². The average Bonchev–Trinajstić information content (AvgIpc) is 2.81. The molecule has 0 fully saturated rings. The highest BCUT2D eigenvalue weighted by molar-refractivity contribution is 9.13. The van der Waals surface area contributed by atoms with E-state index in [0.29, 0.717) is 5.75 Å². The average molecular weight is 396 g/mol. The zero-order valence-electron chi connectivity index (χ0n) is 8.08. The molecule has 0 aliphatic carbocycles. The first-order valence-electron chi connectivity index (χ1n) is 4.51.